The number of hydrogen-bond donors (Lipinski definition) is 2. The van der Waals surface area contributed by atoms with Gasteiger partial charge in [0.15, 0.2) is 5.82 Å². The van der Waals surface area contributed by atoms with E-state index in [0.29, 0.717) is 23.0 Å². The van der Waals surface area contributed by atoms with Gasteiger partial charge in [0.1, 0.15) is 0 Å². The van der Waals surface area contributed by atoms with Crippen molar-refractivity contribution in [2.75, 3.05) is 0 Å². The molecule has 6 heteroatoms. The maximum absolute atomic E-state index is 11.9. The minimum Gasteiger partial charge on any atom is -0.321 e. The minimum absolute atomic E-state index is 0.315. The summed E-state index contributed by atoms with van der Waals surface area (Å²) in [5.41, 5.74) is 6.97. The first-order valence-corrected chi connectivity index (χ1v) is 6.46. The van der Waals surface area contributed by atoms with Gasteiger partial charge in [0.25, 0.3) is 0 Å². The van der Waals surface area contributed by atoms with Crippen LogP contribution in [0.2, 0.25) is 0 Å². The van der Waals surface area contributed by atoms with Crippen molar-refractivity contribution < 1.29 is 0 Å². The van der Waals surface area contributed by atoms with Crippen molar-refractivity contribution in [2.24, 2.45) is 11.7 Å². The van der Waals surface area contributed by atoms with Crippen molar-refractivity contribution in [3.8, 4) is 11.8 Å². The summed E-state index contributed by atoms with van der Waals surface area (Å²) in [5.74, 6) is 0.916. The molecule has 1 aromatic carbocycles. The van der Waals surface area contributed by atoms with Crippen LogP contribution in [0.3, 0.4) is 0 Å². The van der Waals surface area contributed by atoms with Gasteiger partial charge < -0.3 is 5.73 Å². The zero-order valence-electron chi connectivity index (χ0n) is 11.5. The molecule has 0 bridgehead atoms. The van der Waals surface area contributed by atoms with Crippen molar-refractivity contribution in [3.05, 3.63) is 46.1 Å². The second-order valence-electron chi connectivity index (χ2n) is 5.12. The Kier molecular flexibility index (Phi) is 4.01. The van der Waals surface area contributed by atoms with E-state index in [1.165, 1.54) is 4.57 Å². The molecule has 0 saturated heterocycles. The molecule has 1 atom stereocenters. The lowest BCUT2D eigenvalue weighted by atomic mass is 10.0. The summed E-state index contributed by atoms with van der Waals surface area (Å²) in [7, 11) is 0. The molecule has 20 heavy (non-hydrogen) atoms. The largest absolute Gasteiger partial charge is 0.347 e. The monoisotopic (exact) mass is 271 g/mol. The zero-order valence-corrected chi connectivity index (χ0v) is 11.5. The van der Waals surface area contributed by atoms with Crippen molar-refractivity contribution in [1.82, 2.24) is 14.8 Å². The maximum atomic E-state index is 11.9. The molecule has 2 aromatic rings. The van der Waals surface area contributed by atoms with E-state index in [-0.39, 0.29) is 11.7 Å². The Balaban J connectivity index is 2.43. The van der Waals surface area contributed by atoms with Crippen LogP contribution in [-0.4, -0.2) is 14.8 Å². The van der Waals surface area contributed by atoms with Crippen LogP contribution < -0.4 is 11.4 Å². The third-order valence-electron chi connectivity index (χ3n) is 3.01. The van der Waals surface area contributed by atoms with Gasteiger partial charge in [-0.2, -0.15) is 10.4 Å². The number of H-pyrrole nitrogens is 1. The second kappa shape index (κ2) is 5.72. The Hall–Kier alpha value is -2.39. The van der Waals surface area contributed by atoms with Crippen LogP contribution in [0.25, 0.3) is 5.69 Å². The van der Waals surface area contributed by atoms with Crippen LogP contribution in [0.1, 0.15) is 37.7 Å². The first kappa shape index (κ1) is 14.0. The molecule has 0 fully saturated rings. The highest BCUT2D eigenvalue weighted by Gasteiger charge is 2.18. The Morgan fingerprint density at radius 3 is 2.60 bits per heavy atom. The number of aromatic amines is 1. The molecule has 0 aliphatic rings. The third kappa shape index (κ3) is 2.78. The lowest BCUT2D eigenvalue weighted by Gasteiger charge is -2.14. The number of nitrogens with zero attached hydrogens (tertiary/aromatic N) is 3. The zero-order chi connectivity index (χ0) is 14.7. The number of rotatable bonds is 4. The molecule has 1 aromatic heterocycles. The first-order valence-electron chi connectivity index (χ1n) is 6.46. The second-order valence-corrected chi connectivity index (χ2v) is 5.12. The molecule has 3 N–H and O–H groups in total. The van der Waals surface area contributed by atoms with Gasteiger partial charge in [0.2, 0.25) is 0 Å². The predicted octanol–water partition coefficient (Wildman–Crippen LogP) is 1.48. The van der Waals surface area contributed by atoms with E-state index >= 15 is 0 Å². The standard InChI is InChI=1S/C14H17N5O/c1-9(2)7-12(16)13-17-18-14(20)19(13)11-5-3-10(8-15)4-6-11/h3-6,9,12H,7,16H2,1-2H3,(H,18,20)/t12-/m0/s1. The Bertz CT molecular complexity index is 675. The molecule has 0 amide bonds. The minimum atomic E-state index is -0.330. The number of nitrogens with one attached hydrogen (secondary N) is 1. The fraction of sp³-hybridized carbons (Fsp3) is 0.357. The van der Waals surface area contributed by atoms with Crippen LogP contribution in [-0.2, 0) is 0 Å². The molecule has 0 unspecified atom stereocenters. The summed E-state index contributed by atoms with van der Waals surface area (Å²) in [6.45, 7) is 4.13. The number of nitriles is 1. The molecule has 0 aliphatic heterocycles. The Morgan fingerprint density at radius 2 is 2.05 bits per heavy atom. The van der Waals surface area contributed by atoms with Crippen LogP contribution in [0.4, 0.5) is 0 Å². The Morgan fingerprint density at radius 1 is 1.40 bits per heavy atom. The predicted molar refractivity (Wildman–Crippen MR) is 75.3 cm³/mol. The molecular weight excluding hydrogens is 254 g/mol. The van der Waals surface area contributed by atoms with Gasteiger partial charge in [-0.1, -0.05) is 13.8 Å². The summed E-state index contributed by atoms with van der Waals surface area (Å²) < 4.78 is 1.45. The highest BCUT2D eigenvalue weighted by Crippen LogP contribution is 2.18. The van der Waals surface area contributed by atoms with E-state index in [1.54, 1.807) is 24.3 Å². The molecule has 104 valence electrons. The molecule has 6 nitrogen and oxygen atoms in total. The molecule has 2 rings (SSSR count). The van der Waals surface area contributed by atoms with E-state index < -0.39 is 0 Å². The van der Waals surface area contributed by atoms with Gasteiger partial charge in [-0.15, -0.1) is 0 Å². The van der Waals surface area contributed by atoms with Crippen molar-refractivity contribution in [2.45, 2.75) is 26.3 Å². The molecule has 0 saturated carbocycles. The average Bonchev–Trinajstić information content (AvgIpc) is 2.80. The molecular formula is C14H17N5O. The van der Waals surface area contributed by atoms with Gasteiger partial charge in [-0.3, -0.25) is 0 Å². The maximum Gasteiger partial charge on any atom is 0.347 e. The number of nitrogens with two attached hydrogens (primary N) is 1. The lowest BCUT2D eigenvalue weighted by Crippen LogP contribution is -2.22. The van der Waals surface area contributed by atoms with Gasteiger partial charge in [0, 0.05) is 0 Å². The number of hydrogen-bond acceptors (Lipinski definition) is 4. The number of benzene rings is 1. The van der Waals surface area contributed by atoms with E-state index in [2.05, 4.69) is 24.0 Å². The smallest absolute Gasteiger partial charge is 0.321 e. The fourth-order valence-corrected chi connectivity index (χ4v) is 2.11. The van der Waals surface area contributed by atoms with Crippen molar-refractivity contribution >= 4 is 0 Å². The van der Waals surface area contributed by atoms with Crippen LogP contribution >= 0.6 is 0 Å². The van der Waals surface area contributed by atoms with Crippen molar-refractivity contribution in [3.63, 3.8) is 0 Å². The summed E-state index contributed by atoms with van der Waals surface area (Å²) in [6, 6.07) is 8.46. The van der Waals surface area contributed by atoms with Crippen LogP contribution in [0.5, 0.6) is 0 Å². The topological polar surface area (TPSA) is 100 Å². The summed E-state index contributed by atoms with van der Waals surface area (Å²) in [6.07, 6.45) is 0.737. The number of aromatic nitrogens is 3. The molecule has 1 heterocycles. The van der Waals surface area contributed by atoms with Crippen LogP contribution in [0, 0.1) is 17.2 Å². The summed E-state index contributed by atoms with van der Waals surface area (Å²) >= 11 is 0. The SMILES string of the molecule is CC(C)C[C@H](N)c1n[nH]c(=O)n1-c1ccc(C#N)cc1. The Labute approximate surface area is 116 Å². The molecule has 0 aliphatic carbocycles. The van der Waals surface area contributed by atoms with E-state index in [4.69, 9.17) is 11.0 Å². The van der Waals surface area contributed by atoms with Crippen molar-refractivity contribution in [1.29, 1.82) is 5.26 Å². The molecule has 0 spiro atoms. The average molecular weight is 271 g/mol. The fourth-order valence-electron chi connectivity index (χ4n) is 2.11. The highest BCUT2D eigenvalue weighted by molar-refractivity contribution is 5.40. The van der Waals surface area contributed by atoms with Gasteiger partial charge in [-0.05, 0) is 36.6 Å². The summed E-state index contributed by atoms with van der Waals surface area (Å²) in [4.78, 5) is 11.9. The third-order valence-corrected chi connectivity index (χ3v) is 3.01. The summed E-state index contributed by atoms with van der Waals surface area (Å²) in [5, 5.41) is 15.3. The van der Waals surface area contributed by atoms with Gasteiger partial charge in [-0.25, -0.2) is 14.5 Å². The van der Waals surface area contributed by atoms with Crippen LogP contribution in [0.15, 0.2) is 29.1 Å². The highest BCUT2D eigenvalue weighted by atomic mass is 16.1. The normalized spacial score (nSPS) is 12.3. The quantitative estimate of drug-likeness (QED) is 0.879. The molecule has 0 radical (unpaired) electrons. The first-order chi connectivity index (χ1) is 9.52. The van der Waals surface area contributed by atoms with E-state index in [1.807, 2.05) is 6.07 Å². The van der Waals surface area contributed by atoms with Gasteiger partial charge >= 0.3 is 5.69 Å². The van der Waals surface area contributed by atoms with E-state index in [9.17, 15) is 4.79 Å². The lowest BCUT2D eigenvalue weighted by molar-refractivity contribution is 0.487. The van der Waals surface area contributed by atoms with E-state index in [0.717, 1.165) is 6.42 Å². The van der Waals surface area contributed by atoms with Gasteiger partial charge in [0.05, 0.1) is 23.4 Å².